The summed E-state index contributed by atoms with van der Waals surface area (Å²) < 4.78 is 55.5. The lowest BCUT2D eigenvalue weighted by Crippen LogP contribution is -2.26. The number of anilines is 1. The number of alkyl halides is 3. The molecule has 0 atom stereocenters. The van der Waals surface area contributed by atoms with E-state index in [0.717, 1.165) is 0 Å². The molecule has 0 fully saturated rings. The summed E-state index contributed by atoms with van der Waals surface area (Å²) in [5.41, 5.74) is 4.63. The second-order valence-corrected chi connectivity index (χ2v) is 7.04. The van der Waals surface area contributed by atoms with E-state index in [1.165, 1.54) is 31.2 Å². The Morgan fingerprint density at radius 1 is 1.14 bits per heavy atom. The Bertz CT molecular complexity index is 1310. The highest BCUT2D eigenvalue weighted by molar-refractivity contribution is 6.10. The van der Waals surface area contributed by atoms with E-state index in [-0.39, 0.29) is 29.0 Å². The van der Waals surface area contributed by atoms with Crippen molar-refractivity contribution in [2.45, 2.75) is 26.6 Å². The smallest absolute Gasteiger partial charge is 0.449 e. The average molecular weight is 496 g/mol. The maximum atomic E-state index is 13.4. The van der Waals surface area contributed by atoms with E-state index in [0.29, 0.717) is 4.57 Å². The number of benzene rings is 1. The van der Waals surface area contributed by atoms with Crippen LogP contribution < -0.4 is 11.1 Å². The number of amides is 2. The first kappa shape index (κ1) is 25.3. The molecule has 186 valence electrons. The quantitative estimate of drug-likeness (QED) is 0.451. The van der Waals surface area contributed by atoms with Crippen LogP contribution in [0.25, 0.3) is 11.0 Å². The molecule has 2 amide bonds. The van der Waals surface area contributed by atoms with Gasteiger partial charge in [0.2, 0.25) is 11.7 Å². The van der Waals surface area contributed by atoms with Gasteiger partial charge >= 0.3 is 18.1 Å². The Kier molecular flexibility index (Phi) is 7.12. The van der Waals surface area contributed by atoms with Crippen LogP contribution in [0.15, 0.2) is 28.7 Å². The lowest BCUT2D eigenvalue weighted by atomic mass is 10.1. The van der Waals surface area contributed by atoms with Crippen molar-refractivity contribution in [2.24, 2.45) is 5.73 Å². The SMILES string of the molecule is CCOC(=O)c1c(C)oc(NC(=O)COC(=O)Cn2c(C(F)(F)F)nc3ccccc32)c1C(N)=O. The number of carbonyl (C=O) groups is 4. The number of esters is 2. The van der Waals surface area contributed by atoms with Gasteiger partial charge in [-0.05, 0) is 26.0 Å². The number of primary amides is 1. The van der Waals surface area contributed by atoms with E-state index in [9.17, 15) is 32.3 Å². The number of aromatic nitrogens is 2. The monoisotopic (exact) mass is 496 g/mol. The summed E-state index contributed by atoms with van der Waals surface area (Å²) in [5, 5.41) is 2.14. The molecule has 3 aromatic rings. The van der Waals surface area contributed by atoms with Crippen LogP contribution >= 0.6 is 0 Å². The van der Waals surface area contributed by atoms with Crippen molar-refractivity contribution in [1.82, 2.24) is 9.55 Å². The van der Waals surface area contributed by atoms with Gasteiger partial charge in [0.05, 0.1) is 17.6 Å². The van der Waals surface area contributed by atoms with E-state index < -0.39 is 60.4 Å². The number of rotatable bonds is 8. The van der Waals surface area contributed by atoms with Gasteiger partial charge in [-0.25, -0.2) is 9.78 Å². The number of para-hydroxylation sites is 2. The van der Waals surface area contributed by atoms with Crippen molar-refractivity contribution >= 4 is 40.7 Å². The third kappa shape index (κ3) is 5.42. The molecule has 0 aliphatic heterocycles. The van der Waals surface area contributed by atoms with Gasteiger partial charge in [0, 0.05) is 0 Å². The van der Waals surface area contributed by atoms with Crippen LogP contribution in [0.4, 0.5) is 19.1 Å². The van der Waals surface area contributed by atoms with Gasteiger partial charge in [0.25, 0.3) is 11.8 Å². The summed E-state index contributed by atoms with van der Waals surface area (Å²) in [5.74, 6) is -5.99. The molecule has 0 radical (unpaired) electrons. The molecule has 0 saturated carbocycles. The molecule has 2 aromatic heterocycles. The van der Waals surface area contributed by atoms with Gasteiger partial charge in [-0.2, -0.15) is 13.2 Å². The number of nitrogens with two attached hydrogens (primary N) is 1. The molecule has 0 spiro atoms. The zero-order valence-electron chi connectivity index (χ0n) is 18.4. The Hall–Kier alpha value is -4.36. The van der Waals surface area contributed by atoms with Crippen LogP contribution in [0.1, 0.15) is 39.2 Å². The number of aryl methyl sites for hydroxylation is 1. The van der Waals surface area contributed by atoms with Crippen LogP contribution in [0.5, 0.6) is 0 Å². The number of imidazole rings is 1. The van der Waals surface area contributed by atoms with E-state index in [2.05, 4.69) is 10.3 Å². The van der Waals surface area contributed by atoms with Gasteiger partial charge in [-0.3, -0.25) is 19.7 Å². The maximum absolute atomic E-state index is 13.4. The van der Waals surface area contributed by atoms with Gasteiger partial charge in [0.1, 0.15) is 23.4 Å². The molecule has 1 aromatic carbocycles. The summed E-state index contributed by atoms with van der Waals surface area (Å²) in [4.78, 5) is 51.9. The van der Waals surface area contributed by atoms with E-state index in [1.54, 1.807) is 6.92 Å². The average Bonchev–Trinajstić information content (AvgIpc) is 3.30. The standard InChI is InChI=1S/C21H19F3N4O7/c1-3-33-19(32)15-10(2)35-18(16(15)17(25)31)27-13(29)9-34-14(30)8-28-12-7-5-4-6-11(12)26-20(28)21(22,23)24/h4-7H,3,8-9H2,1-2H3,(H2,25,31)(H,27,29). The summed E-state index contributed by atoms with van der Waals surface area (Å²) in [6.07, 6.45) is -4.84. The topological polar surface area (TPSA) is 156 Å². The molecule has 3 N–H and O–H groups in total. The summed E-state index contributed by atoms with van der Waals surface area (Å²) in [7, 11) is 0. The minimum absolute atomic E-state index is 0.00154. The Morgan fingerprint density at radius 3 is 2.46 bits per heavy atom. The van der Waals surface area contributed by atoms with E-state index in [4.69, 9.17) is 19.6 Å². The van der Waals surface area contributed by atoms with Crippen molar-refractivity contribution in [3.05, 3.63) is 47.0 Å². The predicted octanol–water partition coefficient (Wildman–Crippen LogP) is 2.41. The molecule has 35 heavy (non-hydrogen) atoms. The third-order valence-corrected chi connectivity index (χ3v) is 4.62. The number of nitrogens with zero attached hydrogens (tertiary/aromatic N) is 2. The normalized spacial score (nSPS) is 11.3. The maximum Gasteiger partial charge on any atom is 0.449 e. The molecule has 11 nitrogen and oxygen atoms in total. The number of halogens is 3. The van der Waals surface area contributed by atoms with Gasteiger partial charge in [-0.15, -0.1) is 0 Å². The van der Waals surface area contributed by atoms with Crippen LogP contribution in [0.2, 0.25) is 0 Å². The summed E-state index contributed by atoms with van der Waals surface area (Å²) >= 11 is 0. The Morgan fingerprint density at radius 2 is 1.83 bits per heavy atom. The Labute approximate surface area is 195 Å². The highest BCUT2D eigenvalue weighted by Crippen LogP contribution is 2.31. The number of fused-ring (bicyclic) bond motifs is 1. The number of hydrogen-bond acceptors (Lipinski definition) is 8. The zero-order chi connectivity index (χ0) is 25.9. The molecule has 2 heterocycles. The lowest BCUT2D eigenvalue weighted by molar-refractivity contribution is -0.152. The molecule has 14 heteroatoms. The first-order valence-corrected chi connectivity index (χ1v) is 10.0. The number of hydrogen-bond donors (Lipinski definition) is 2. The van der Waals surface area contributed by atoms with E-state index >= 15 is 0 Å². The molecule has 3 rings (SSSR count). The number of carbonyl (C=O) groups excluding carboxylic acids is 4. The molecule has 0 unspecified atom stereocenters. The molecule has 0 bridgehead atoms. The second kappa shape index (κ2) is 9.87. The second-order valence-electron chi connectivity index (χ2n) is 7.04. The number of furan rings is 1. The largest absolute Gasteiger partial charge is 0.462 e. The minimum atomic E-state index is -4.84. The molecule has 0 aliphatic carbocycles. The first-order chi connectivity index (χ1) is 16.4. The lowest BCUT2D eigenvalue weighted by Gasteiger charge is -2.11. The fraction of sp³-hybridized carbons (Fsp3) is 0.286. The zero-order valence-corrected chi connectivity index (χ0v) is 18.4. The van der Waals surface area contributed by atoms with E-state index in [1.807, 2.05) is 0 Å². The molecular weight excluding hydrogens is 477 g/mol. The molecular formula is C21H19F3N4O7. The van der Waals surface area contributed by atoms with Crippen LogP contribution in [0.3, 0.4) is 0 Å². The van der Waals surface area contributed by atoms with Crippen molar-refractivity contribution < 1.29 is 46.2 Å². The third-order valence-electron chi connectivity index (χ3n) is 4.62. The van der Waals surface area contributed by atoms with Crippen molar-refractivity contribution in [2.75, 3.05) is 18.5 Å². The molecule has 0 saturated heterocycles. The van der Waals surface area contributed by atoms with Crippen LogP contribution in [-0.2, 0) is 31.8 Å². The van der Waals surface area contributed by atoms with Gasteiger partial charge < -0.3 is 24.2 Å². The number of ether oxygens (including phenoxy) is 2. The highest BCUT2D eigenvalue weighted by Gasteiger charge is 2.38. The van der Waals surface area contributed by atoms with Crippen molar-refractivity contribution in [1.29, 1.82) is 0 Å². The highest BCUT2D eigenvalue weighted by atomic mass is 19.4. The van der Waals surface area contributed by atoms with Crippen molar-refractivity contribution in [3.63, 3.8) is 0 Å². The van der Waals surface area contributed by atoms with Gasteiger partial charge in [0.15, 0.2) is 6.61 Å². The fourth-order valence-corrected chi connectivity index (χ4v) is 3.25. The van der Waals surface area contributed by atoms with Crippen molar-refractivity contribution in [3.8, 4) is 0 Å². The van der Waals surface area contributed by atoms with Gasteiger partial charge in [-0.1, -0.05) is 12.1 Å². The molecule has 0 aliphatic rings. The first-order valence-electron chi connectivity index (χ1n) is 10.0. The number of nitrogens with one attached hydrogen (secondary N) is 1. The summed E-state index contributed by atoms with van der Waals surface area (Å²) in [6, 6.07) is 5.67. The van der Waals surface area contributed by atoms with Crippen LogP contribution in [0, 0.1) is 6.92 Å². The fourth-order valence-electron chi connectivity index (χ4n) is 3.25. The predicted molar refractivity (Wildman–Crippen MR) is 112 cm³/mol. The van der Waals surface area contributed by atoms with Crippen LogP contribution in [-0.4, -0.2) is 46.5 Å². The Balaban J connectivity index is 1.72. The summed E-state index contributed by atoms with van der Waals surface area (Å²) in [6.45, 7) is 1.07. The minimum Gasteiger partial charge on any atom is -0.462 e.